The number of nitrogens with zero attached hydrogens (tertiary/aromatic N) is 6. The van der Waals surface area contributed by atoms with E-state index in [0.29, 0.717) is 18.6 Å². The maximum Gasteiger partial charge on any atom is 0.139 e. The summed E-state index contributed by atoms with van der Waals surface area (Å²) >= 11 is 6.94. The minimum atomic E-state index is 0.310. The van der Waals surface area contributed by atoms with Gasteiger partial charge in [0.15, 0.2) is 0 Å². The van der Waals surface area contributed by atoms with Crippen molar-refractivity contribution < 1.29 is 0 Å². The summed E-state index contributed by atoms with van der Waals surface area (Å²) in [5.41, 5.74) is 4.44. The number of rotatable bonds is 5. The van der Waals surface area contributed by atoms with Gasteiger partial charge in [0.05, 0.1) is 17.4 Å². The molecule has 7 heteroatoms. The van der Waals surface area contributed by atoms with Crippen molar-refractivity contribution >= 4 is 23.1 Å². The highest BCUT2D eigenvalue weighted by Crippen LogP contribution is 2.34. The molecule has 1 aliphatic carbocycles. The van der Waals surface area contributed by atoms with Crippen LogP contribution in [-0.4, -0.2) is 64.4 Å². The topological polar surface area (TPSA) is 39.9 Å². The summed E-state index contributed by atoms with van der Waals surface area (Å²) in [5, 5.41) is 0.725. The zero-order valence-electron chi connectivity index (χ0n) is 18.6. The molecule has 6 nitrogen and oxygen atoms in total. The Hall–Kier alpha value is -2.15. The van der Waals surface area contributed by atoms with E-state index in [-0.39, 0.29) is 0 Å². The Labute approximate surface area is 189 Å². The molecule has 1 saturated heterocycles. The van der Waals surface area contributed by atoms with Crippen LogP contribution >= 0.6 is 11.6 Å². The first-order valence-electron chi connectivity index (χ1n) is 11.2. The molecule has 0 aromatic carbocycles. The van der Waals surface area contributed by atoms with Gasteiger partial charge in [-0.3, -0.25) is 14.3 Å². The van der Waals surface area contributed by atoms with Crippen LogP contribution in [0.1, 0.15) is 42.3 Å². The fourth-order valence-electron chi connectivity index (χ4n) is 5.17. The minimum absolute atomic E-state index is 0.310. The Balaban J connectivity index is 1.42. The van der Waals surface area contributed by atoms with Crippen molar-refractivity contribution in [3.05, 3.63) is 58.6 Å². The summed E-state index contributed by atoms with van der Waals surface area (Å²) in [6, 6.07) is 11.4. The third kappa shape index (κ3) is 3.81. The molecule has 0 spiro atoms. The van der Waals surface area contributed by atoms with Crippen LogP contribution < -0.4 is 4.90 Å². The van der Waals surface area contributed by atoms with Gasteiger partial charge in [0.2, 0.25) is 0 Å². The van der Waals surface area contributed by atoms with Crippen molar-refractivity contribution in [2.75, 3.05) is 39.1 Å². The minimum Gasteiger partial charge on any atom is -0.356 e. The molecular weight excluding hydrogens is 408 g/mol. The van der Waals surface area contributed by atoms with E-state index in [2.05, 4.69) is 64.5 Å². The highest BCUT2D eigenvalue weighted by molar-refractivity contribution is 6.30. The predicted molar refractivity (Wildman–Crippen MR) is 126 cm³/mol. The first kappa shape index (κ1) is 20.7. The number of halogens is 1. The van der Waals surface area contributed by atoms with E-state index in [1.807, 2.05) is 12.3 Å². The van der Waals surface area contributed by atoms with Crippen molar-refractivity contribution in [2.45, 2.75) is 44.3 Å². The fraction of sp³-hybridized carbons (Fsp3) is 0.500. The van der Waals surface area contributed by atoms with Crippen molar-refractivity contribution in [3.8, 4) is 0 Å². The molecule has 0 radical (unpaired) electrons. The molecule has 0 amide bonds. The highest BCUT2D eigenvalue weighted by atomic mass is 35.5. The Morgan fingerprint density at radius 3 is 2.81 bits per heavy atom. The number of aromatic nitrogens is 3. The standard InChI is InChI=1S/C24H31ClN6/c1-28(2)18-12-14-30(15-18)22-11-5-10-21-27-19(24(25)31(21)22)16-29(3)20-9-4-7-17-8-6-13-26-23(17)20/h5-6,8,10-11,13,18,20H,4,7,9,12,14-16H2,1-3H3/t18-,20?/m1/s1. The van der Waals surface area contributed by atoms with E-state index in [1.165, 1.54) is 24.1 Å². The van der Waals surface area contributed by atoms with Crippen LogP contribution in [0.2, 0.25) is 5.15 Å². The van der Waals surface area contributed by atoms with Gasteiger partial charge in [-0.2, -0.15) is 0 Å². The van der Waals surface area contributed by atoms with Crippen molar-refractivity contribution in [1.82, 2.24) is 24.2 Å². The molecule has 5 rings (SSSR count). The fourth-order valence-corrected chi connectivity index (χ4v) is 5.44. The maximum atomic E-state index is 6.94. The smallest absolute Gasteiger partial charge is 0.139 e. The summed E-state index contributed by atoms with van der Waals surface area (Å²) in [6.07, 6.45) is 6.51. The average molecular weight is 439 g/mol. The maximum absolute atomic E-state index is 6.94. The molecule has 0 saturated carbocycles. The quantitative estimate of drug-likeness (QED) is 0.601. The first-order chi connectivity index (χ1) is 15.0. The summed E-state index contributed by atoms with van der Waals surface area (Å²) in [7, 11) is 6.48. The molecular formula is C24H31ClN6. The molecule has 0 bridgehead atoms. The summed E-state index contributed by atoms with van der Waals surface area (Å²) in [4.78, 5) is 16.7. The number of hydrogen-bond acceptors (Lipinski definition) is 5. The van der Waals surface area contributed by atoms with Gasteiger partial charge in [0.1, 0.15) is 16.6 Å². The van der Waals surface area contributed by atoms with Gasteiger partial charge in [0.25, 0.3) is 0 Å². The van der Waals surface area contributed by atoms with Crippen LogP contribution in [0.4, 0.5) is 5.82 Å². The molecule has 0 N–H and O–H groups in total. The molecule has 3 aromatic heterocycles. The molecule has 3 aromatic rings. The van der Waals surface area contributed by atoms with E-state index in [0.717, 1.165) is 48.2 Å². The zero-order valence-corrected chi connectivity index (χ0v) is 19.4. The number of likely N-dealkylation sites (N-methyl/N-ethyl adjacent to an activating group) is 1. The number of aryl methyl sites for hydroxylation is 1. The first-order valence-corrected chi connectivity index (χ1v) is 11.6. The molecule has 4 heterocycles. The predicted octanol–water partition coefficient (Wildman–Crippen LogP) is 4.03. The second-order valence-electron chi connectivity index (χ2n) is 9.15. The van der Waals surface area contributed by atoms with Crippen molar-refractivity contribution in [1.29, 1.82) is 0 Å². The lowest BCUT2D eigenvalue weighted by atomic mass is 9.91. The van der Waals surface area contributed by atoms with Gasteiger partial charge >= 0.3 is 0 Å². The van der Waals surface area contributed by atoms with Crippen LogP contribution in [0.25, 0.3) is 5.65 Å². The Morgan fingerprint density at radius 1 is 1.13 bits per heavy atom. The van der Waals surface area contributed by atoms with Crippen LogP contribution in [0.15, 0.2) is 36.5 Å². The van der Waals surface area contributed by atoms with Crippen molar-refractivity contribution in [2.24, 2.45) is 0 Å². The Kier molecular flexibility index (Phi) is 5.63. The molecule has 1 aliphatic heterocycles. The van der Waals surface area contributed by atoms with Gasteiger partial charge in [-0.1, -0.05) is 23.7 Å². The van der Waals surface area contributed by atoms with Crippen molar-refractivity contribution in [3.63, 3.8) is 0 Å². The summed E-state index contributed by atoms with van der Waals surface area (Å²) in [6.45, 7) is 2.76. The van der Waals surface area contributed by atoms with Crippen LogP contribution in [0.5, 0.6) is 0 Å². The molecule has 2 aliphatic rings. The number of imidazole rings is 1. The lowest BCUT2D eigenvalue weighted by Gasteiger charge is -2.31. The SMILES string of the molecule is CN(Cc1nc2cccc(N3CC[C@@H](N(C)C)C3)n2c1Cl)C1CCCc2cccnc21. The van der Waals surface area contributed by atoms with Crippen LogP contribution in [0, 0.1) is 0 Å². The molecule has 164 valence electrons. The monoisotopic (exact) mass is 438 g/mol. The Morgan fingerprint density at radius 2 is 2.00 bits per heavy atom. The normalized spacial score (nSPS) is 21.4. The third-order valence-corrected chi connectivity index (χ3v) is 7.33. The van der Waals surface area contributed by atoms with E-state index in [9.17, 15) is 0 Å². The second kappa shape index (κ2) is 8.41. The number of pyridine rings is 2. The van der Waals surface area contributed by atoms with E-state index < -0.39 is 0 Å². The lowest BCUT2D eigenvalue weighted by molar-refractivity contribution is 0.206. The zero-order chi connectivity index (χ0) is 21.5. The van der Waals surface area contributed by atoms with Crippen LogP contribution in [-0.2, 0) is 13.0 Å². The second-order valence-corrected chi connectivity index (χ2v) is 9.51. The highest BCUT2D eigenvalue weighted by Gasteiger charge is 2.28. The van der Waals surface area contributed by atoms with Gasteiger partial charge in [-0.15, -0.1) is 0 Å². The number of anilines is 1. The summed E-state index contributed by atoms with van der Waals surface area (Å²) < 4.78 is 2.12. The number of fused-ring (bicyclic) bond motifs is 2. The molecule has 1 fully saturated rings. The Bertz CT molecular complexity index is 1080. The molecule has 1 unspecified atom stereocenters. The van der Waals surface area contributed by atoms with Gasteiger partial charge in [-0.05, 0) is 70.6 Å². The largest absolute Gasteiger partial charge is 0.356 e. The lowest BCUT2D eigenvalue weighted by Crippen LogP contribution is -2.32. The van der Waals surface area contributed by atoms with Crippen LogP contribution in [0.3, 0.4) is 0 Å². The molecule has 31 heavy (non-hydrogen) atoms. The van der Waals surface area contributed by atoms with E-state index in [4.69, 9.17) is 21.6 Å². The van der Waals surface area contributed by atoms with Gasteiger partial charge in [0, 0.05) is 31.9 Å². The van der Waals surface area contributed by atoms with E-state index >= 15 is 0 Å². The average Bonchev–Trinajstić information content (AvgIpc) is 3.39. The third-order valence-electron chi connectivity index (χ3n) is 6.95. The number of hydrogen-bond donors (Lipinski definition) is 0. The summed E-state index contributed by atoms with van der Waals surface area (Å²) in [5.74, 6) is 1.14. The van der Waals surface area contributed by atoms with Gasteiger partial charge in [-0.25, -0.2) is 4.98 Å². The molecule has 2 atom stereocenters. The van der Waals surface area contributed by atoms with Gasteiger partial charge < -0.3 is 9.80 Å². The van der Waals surface area contributed by atoms with E-state index in [1.54, 1.807) is 0 Å².